The van der Waals surface area contributed by atoms with Crippen LogP contribution in [0.25, 0.3) is 0 Å². The van der Waals surface area contributed by atoms with Gasteiger partial charge in [-0.15, -0.1) is 0 Å². The summed E-state index contributed by atoms with van der Waals surface area (Å²) in [6.45, 7) is 7.23. The number of rotatable bonds is 8. The maximum atomic E-state index is 3.76. The standard InChI is InChI=1S/C14H29BrN2/c1-4-9-17(11-10-16(2)3)13-14(12-15)7-5-6-8-14/h4-13H2,1-3H3. The molecule has 3 heteroatoms. The Bertz CT molecular complexity index is 200. The van der Waals surface area contributed by atoms with Crippen molar-refractivity contribution in [3.8, 4) is 0 Å². The molecule has 0 heterocycles. The van der Waals surface area contributed by atoms with Gasteiger partial charge in [-0.25, -0.2) is 0 Å². The maximum Gasteiger partial charge on any atom is 0.0109 e. The molecule has 0 unspecified atom stereocenters. The quantitative estimate of drug-likeness (QED) is 0.635. The number of hydrogen-bond acceptors (Lipinski definition) is 2. The summed E-state index contributed by atoms with van der Waals surface area (Å²) in [5.41, 5.74) is 0.571. The van der Waals surface area contributed by atoms with E-state index in [-0.39, 0.29) is 0 Å². The second-order valence-electron chi connectivity index (χ2n) is 5.92. The topological polar surface area (TPSA) is 6.48 Å². The predicted molar refractivity (Wildman–Crippen MR) is 80.0 cm³/mol. The molecular formula is C14H29BrN2. The number of nitrogens with zero attached hydrogens (tertiary/aromatic N) is 2. The molecule has 1 fully saturated rings. The molecule has 1 rings (SSSR count). The average Bonchev–Trinajstić information content (AvgIpc) is 2.75. The van der Waals surface area contributed by atoms with Gasteiger partial charge in [0.1, 0.15) is 0 Å². The largest absolute Gasteiger partial charge is 0.308 e. The van der Waals surface area contributed by atoms with Crippen molar-refractivity contribution in [2.24, 2.45) is 5.41 Å². The molecule has 0 atom stereocenters. The van der Waals surface area contributed by atoms with Crippen molar-refractivity contribution in [1.82, 2.24) is 9.80 Å². The molecule has 0 radical (unpaired) electrons. The van der Waals surface area contributed by atoms with Gasteiger partial charge in [0, 0.05) is 25.0 Å². The van der Waals surface area contributed by atoms with Crippen LogP contribution in [0.4, 0.5) is 0 Å². The van der Waals surface area contributed by atoms with E-state index in [0.717, 1.165) is 0 Å². The number of halogens is 1. The summed E-state index contributed by atoms with van der Waals surface area (Å²) in [5.74, 6) is 0. The molecule has 1 saturated carbocycles. The second kappa shape index (κ2) is 7.75. The van der Waals surface area contributed by atoms with E-state index in [2.05, 4.69) is 46.7 Å². The first-order valence-corrected chi connectivity index (χ1v) is 8.17. The summed E-state index contributed by atoms with van der Waals surface area (Å²) in [6, 6.07) is 0. The molecule has 0 aromatic heterocycles. The number of alkyl halides is 1. The molecule has 17 heavy (non-hydrogen) atoms. The number of likely N-dealkylation sites (N-methyl/N-ethyl adjacent to an activating group) is 1. The second-order valence-corrected chi connectivity index (χ2v) is 6.48. The van der Waals surface area contributed by atoms with Crippen LogP contribution in [0.3, 0.4) is 0 Å². The van der Waals surface area contributed by atoms with Crippen LogP contribution in [-0.2, 0) is 0 Å². The van der Waals surface area contributed by atoms with Crippen LogP contribution in [-0.4, -0.2) is 55.4 Å². The summed E-state index contributed by atoms with van der Waals surface area (Å²) < 4.78 is 0. The van der Waals surface area contributed by atoms with Gasteiger partial charge in [-0.05, 0) is 45.3 Å². The molecule has 0 saturated heterocycles. The Hall–Kier alpha value is 0.400. The minimum absolute atomic E-state index is 0.571. The van der Waals surface area contributed by atoms with Crippen molar-refractivity contribution in [2.45, 2.75) is 39.0 Å². The summed E-state index contributed by atoms with van der Waals surface area (Å²) in [5, 5.41) is 1.18. The smallest absolute Gasteiger partial charge is 0.0109 e. The molecule has 0 spiro atoms. The molecule has 0 N–H and O–H groups in total. The highest BCUT2D eigenvalue weighted by atomic mass is 79.9. The monoisotopic (exact) mass is 304 g/mol. The van der Waals surface area contributed by atoms with Gasteiger partial charge >= 0.3 is 0 Å². The molecule has 102 valence electrons. The fourth-order valence-corrected chi connectivity index (χ4v) is 3.60. The lowest BCUT2D eigenvalue weighted by molar-refractivity contribution is 0.160. The Morgan fingerprint density at radius 2 is 1.71 bits per heavy atom. The van der Waals surface area contributed by atoms with E-state index in [4.69, 9.17) is 0 Å². The van der Waals surface area contributed by atoms with Gasteiger partial charge in [-0.2, -0.15) is 0 Å². The molecule has 0 bridgehead atoms. The molecule has 2 nitrogen and oxygen atoms in total. The van der Waals surface area contributed by atoms with E-state index >= 15 is 0 Å². The van der Waals surface area contributed by atoms with Gasteiger partial charge in [0.25, 0.3) is 0 Å². The summed E-state index contributed by atoms with van der Waals surface area (Å²) in [6.07, 6.45) is 6.96. The van der Waals surface area contributed by atoms with Crippen LogP contribution in [0.2, 0.25) is 0 Å². The van der Waals surface area contributed by atoms with Crippen molar-refractivity contribution in [3.05, 3.63) is 0 Å². The highest BCUT2D eigenvalue weighted by Gasteiger charge is 2.34. The van der Waals surface area contributed by atoms with E-state index in [0.29, 0.717) is 5.41 Å². The van der Waals surface area contributed by atoms with Gasteiger partial charge in [0.05, 0.1) is 0 Å². The molecule has 0 aromatic rings. The first-order chi connectivity index (χ1) is 8.12. The maximum absolute atomic E-state index is 3.76. The molecule has 1 aliphatic carbocycles. The highest BCUT2D eigenvalue weighted by Crippen LogP contribution is 2.40. The first-order valence-electron chi connectivity index (χ1n) is 7.05. The van der Waals surface area contributed by atoms with Crippen molar-refractivity contribution >= 4 is 15.9 Å². The van der Waals surface area contributed by atoms with E-state index in [9.17, 15) is 0 Å². The minimum Gasteiger partial charge on any atom is -0.308 e. The molecular weight excluding hydrogens is 276 g/mol. The van der Waals surface area contributed by atoms with Gasteiger partial charge in [-0.1, -0.05) is 35.7 Å². The van der Waals surface area contributed by atoms with Crippen LogP contribution < -0.4 is 0 Å². The zero-order valence-electron chi connectivity index (χ0n) is 11.8. The molecule has 0 aromatic carbocycles. The average molecular weight is 305 g/mol. The Morgan fingerprint density at radius 3 is 2.18 bits per heavy atom. The van der Waals surface area contributed by atoms with Crippen LogP contribution in [0.5, 0.6) is 0 Å². The fraction of sp³-hybridized carbons (Fsp3) is 1.00. The first kappa shape index (κ1) is 15.5. The molecule has 0 aliphatic heterocycles. The van der Waals surface area contributed by atoms with Crippen LogP contribution >= 0.6 is 15.9 Å². The summed E-state index contributed by atoms with van der Waals surface area (Å²) in [7, 11) is 4.33. The fourth-order valence-electron chi connectivity index (χ4n) is 2.86. The van der Waals surface area contributed by atoms with Crippen LogP contribution in [0, 0.1) is 5.41 Å². The zero-order chi connectivity index (χ0) is 12.7. The normalized spacial score (nSPS) is 19.4. The van der Waals surface area contributed by atoms with E-state index in [1.807, 2.05) is 0 Å². The third-order valence-electron chi connectivity index (χ3n) is 3.91. The van der Waals surface area contributed by atoms with Crippen molar-refractivity contribution in [3.63, 3.8) is 0 Å². The van der Waals surface area contributed by atoms with Gasteiger partial charge in [0.2, 0.25) is 0 Å². The lowest BCUT2D eigenvalue weighted by atomic mass is 9.88. The van der Waals surface area contributed by atoms with Crippen LogP contribution in [0.15, 0.2) is 0 Å². The lowest BCUT2D eigenvalue weighted by Crippen LogP contribution is -2.41. The van der Waals surface area contributed by atoms with Gasteiger partial charge < -0.3 is 9.80 Å². The third-order valence-corrected chi connectivity index (χ3v) is 5.10. The van der Waals surface area contributed by atoms with Crippen LogP contribution in [0.1, 0.15) is 39.0 Å². The Balaban J connectivity index is 2.46. The van der Waals surface area contributed by atoms with Crippen molar-refractivity contribution in [2.75, 3.05) is 45.6 Å². The third kappa shape index (κ3) is 5.27. The van der Waals surface area contributed by atoms with Gasteiger partial charge in [-0.3, -0.25) is 0 Å². The minimum atomic E-state index is 0.571. The highest BCUT2D eigenvalue weighted by molar-refractivity contribution is 9.09. The van der Waals surface area contributed by atoms with E-state index < -0.39 is 0 Å². The predicted octanol–water partition coefficient (Wildman–Crippen LogP) is 3.22. The lowest BCUT2D eigenvalue weighted by Gasteiger charge is -2.34. The molecule has 0 amide bonds. The van der Waals surface area contributed by atoms with Crippen molar-refractivity contribution in [1.29, 1.82) is 0 Å². The van der Waals surface area contributed by atoms with E-state index in [1.54, 1.807) is 0 Å². The Kier molecular flexibility index (Phi) is 7.05. The van der Waals surface area contributed by atoms with Crippen molar-refractivity contribution < 1.29 is 0 Å². The Labute approximate surface area is 116 Å². The van der Waals surface area contributed by atoms with Gasteiger partial charge in [0.15, 0.2) is 0 Å². The summed E-state index contributed by atoms with van der Waals surface area (Å²) >= 11 is 3.76. The van der Waals surface area contributed by atoms with E-state index in [1.165, 1.54) is 63.6 Å². The summed E-state index contributed by atoms with van der Waals surface area (Å²) in [4.78, 5) is 4.96. The zero-order valence-corrected chi connectivity index (χ0v) is 13.4. The SMILES string of the molecule is CCCN(CCN(C)C)CC1(CBr)CCCC1. The Morgan fingerprint density at radius 1 is 1.06 bits per heavy atom. The number of hydrogen-bond donors (Lipinski definition) is 0. The molecule has 1 aliphatic rings.